The van der Waals surface area contributed by atoms with Crippen molar-refractivity contribution < 1.29 is 14.3 Å². The van der Waals surface area contributed by atoms with Gasteiger partial charge in [-0.3, -0.25) is 9.69 Å². The number of carbonyl (C=O) groups excluding carboxylic acids is 1. The van der Waals surface area contributed by atoms with Crippen LogP contribution in [0.3, 0.4) is 0 Å². The Morgan fingerprint density at radius 2 is 1.85 bits per heavy atom. The molecular weight excluding hydrogens is 555 g/mol. The van der Waals surface area contributed by atoms with Crippen molar-refractivity contribution in [1.82, 2.24) is 9.80 Å². The van der Waals surface area contributed by atoms with E-state index in [2.05, 4.69) is 11.4 Å². The van der Waals surface area contributed by atoms with E-state index in [1.807, 2.05) is 78.9 Å². The molecule has 208 valence electrons. The quantitative estimate of drug-likeness (QED) is 0.296. The van der Waals surface area contributed by atoms with Crippen LogP contribution in [0.5, 0.6) is 11.5 Å². The molecule has 1 N–H and O–H groups in total. The third-order valence-corrected chi connectivity index (χ3v) is 8.82. The number of anilines is 1. The molecule has 8 nitrogen and oxygen atoms in total. The van der Waals surface area contributed by atoms with Crippen molar-refractivity contribution in [3.8, 4) is 17.6 Å². The number of nitrogens with zero attached hydrogens (tertiary/aromatic N) is 4. The number of aliphatic imine (C=N–C) groups is 1. The van der Waals surface area contributed by atoms with Gasteiger partial charge in [0.05, 0.1) is 54.5 Å². The van der Waals surface area contributed by atoms with Crippen molar-refractivity contribution >= 4 is 51.7 Å². The zero-order valence-corrected chi connectivity index (χ0v) is 24.8. The second-order valence-corrected chi connectivity index (χ2v) is 11.0. The van der Waals surface area contributed by atoms with Crippen LogP contribution in [0.1, 0.15) is 23.6 Å². The largest absolute Gasteiger partial charge is 0.497 e. The lowest BCUT2D eigenvalue weighted by molar-refractivity contribution is -0.122. The summed E-state index contributed by atoms with van der Waals surface area (Å²) in [5.41, 5.74) is 4.72. The van der Waals surface area contributed by atoms with E-state index in [4.69, 9.17) is 14.5 Å². The van der Waals surface area contributed by atoms with E-state index >= 15 is 0 Å². The van der Waals surface area contributed by atoms with Gasteiger partial charge in [-0.25, -0.2) is 4.99 Å². The van der Waals surface area contributed by atoms with Crippen molar-refractivity contribution in [2.75, 3.05) is 33.1 Å². The fourth-order valence-corrected chi connectivity index (χ4v) is 6.73. The average molecular weight is 584 g/mol. The highest BCUT2D eigenvalue weighted by Crippen LogP contribution is 2.48. The van der Waals surface area contributed by atoms with Crippen LogP contribution in [-0.2, 0) is 11.3 Å². The molecule has 0 bridgehead atoms. The van der Waals surface area contributed by atoms with Crippen molar-refractivity contribution in [2.24, 2.45) is 4.99 Å². The Labute approximate surface area is 248 Å². The zero-order valence-electron chi connectivity index (χ0n) is 23.2. The maximum Gasteiger partial charge on any atom is 0.269 e. The Bertz CT molecular complexity index is 1610. The Balaban J connectivity index is 1.55. The molecule has 0 aliphatic carbocycles. The third-order valence-electron chi connectivity index (χ3n) is 6.58. The number of nitriles is 1. The SMILES string of the molecule is CCNc1ccc(C#N)cc1N=C1SC(=C2SC=C(c3ccc(OC)cc3OC)N2C)C(=O)N1Cc1ccccc1. The molecule has 41 heavy (non-hydrogen) atoms. The van der Waals surface area contributed by atoms with E-state index in [9.17, 15) is 10.1 Å². The van der Waals surface area contributed by atoms with Gasteiger partial charge in [0.15, 0.2) is 5.17 Å². The first kappa shape index (κ1) is 28.2. The Kier molecular flexibility index (Phi) is 8.57. The topological polar surface area (TPSA) is 90.2 Å². The molecule has 2 aliphatic rings. The number of hydrogen-bond donors (Lipinski definition) is 1. The van der Waals surface area contributed by atoms with Crippen LogP contribution in [0.4, 0.5) is 11.4 Å². The molecule has 1 fully saturated rings. The van der Waals surface area contributed by atoms with E-state index in [0.29, 0.717) is 45.9 Å². The molecule has 10 heteroatoms. The summed E-state index contributed by atoms with van der Waals surface area (Å²) < 4.78 is 11.0. The molecule has 0 saturated carbocycles. The minimum atomic E-state index is -0.121. The number of methoxy groups -OCH3 is 2. The first-order valence-electron chi connectivity index (χ1n) is 12.9. The normalized spacial score (nSPS) is 17.6. The lowest BCUT2D eigenvalue weighted by atomic mass is 10.1. The number of carbonyl (C=O) groups is 1. The highest BCUT2D eigenvalue weighted by Gasteiger charge is 2.39. The Morgan fingerprint density at radius 1 is 1.05 bits per heavy atom. The van der Waals surface area contributed by atoms with Gasteiger partial charge in [0, 0.05) is 30.6 Å². The van der Waals surface area contributed by atoms with Gasteiger partial charge in [0.2, 0.25) is 0 Å². The molecule has 3 aromatic carbocycles. The predicted molar refractivity (Wildman–Crippen MR) is 167 cm³/mol. The molecule has 1 amide bonds. The van der Waals surface area contributed by atoms with Crippen molar-refractivity contribution in [2.45, 2.75) is 13.5 Å². The predicted octanol–water partition coefficient (Wildman–Crippen LogP) is 6.62. The fourth-order valence-electron chi connectivity index (χ4n) is 4.50. The maximum absolute atomic E-state index is 14.0. The molecule has 3 aromatic rings. The summed E-state index contributed by atoms with van der Waals surface area (Å²) in [6.45, 7) is 3.07. The summed E-state index contributed by atoms with van der Waals surface area (Å²) in [7, 11) is 5.20. The molecule has 5 rings (SSSR count). The van der Waals surface area contributed by atoms with Crippen molar-refractivity contribution in [3.05, 3.63) is 98.8 Å². The number of hydrogen-bond acceptors (Lipinski definition) is 9. The molecule has 0 spiro atoms. The number of amidine groups is 1. The minimum absolute atomic E-state index is 0.121. The van der Waals surface area contributed by atoms with Crippen molar-refractivity contribution in [1.29, 1.82) is 5.26 Å². The summed E-state index contributed by atoms with van der Waals surface area (Å²) in [5.74, 6) is 1.26. The highest BCUT2D eigenvalue weighted by atomic mass is 32.2. The maximum atomic E-state index is 14.0. The van der Waals surface area contributed by atoms with Crippen LogP contribution >= 0.6 is 23.5 Å². The molecule has 0 radical (unpaired) electrons. The van der Waals surface area contributed by atoms with Crippen LogP contribution < -0.4 is 14.8 Å². The average Bonchev–Trinajstić information content (AvgIpc) is 3.52. The highest BCUT2D eigenvalue weighted by molar-refractivity contribution is 8.19. The van der Waals surface area contributed by atoms with Crippen LogP contribution in [-0.4, -0.2) is 48.7 Å². The smallest absolute Gasteiger partial charge is 0.269 e. The Hall–Kier alpha value is -4.33. The van der Waals surface area contributed by atoms with Gasteiger partial charge < -0.3 is 19.7 Å². The van der Waals surface area contributed by atoms with Crippen LogP contribution in [0.15, 0.2) is 87.1 Å². The van der Waals surface area contributed by atoms with Gasteiger partial charge in [0.1, 0.15) is 16.4 Å². The van der Waals surface area contributed by atoms with Gasteiger partial charge in [0.25, 0.3) is 5.91 Å². The van der Waals surface area contributed by atoms with E-state index in [1.165, 1.54) is 23.5 Å². The second-order valence-electron chi connectivity index (χ2n) is 9.13. The van der Waals surface area contributed by atoms with Gasteiger partial charge in [-0.05, 0) is 54.6 Å². The number of amides is 1. The van der Waals surface area contributed by atoms with Crippen LogP contribution in [0, 0.1) is 11.3 Å². The van der Waals surface area contributed by atoms with Gasteiger partial charge in [-0.15, -0.1) is 0 Å². The van der Waals surface area contributed by atoms with Crippen molar-refractivity contribution in [3.63, 3.8) is 0 Å². The summed E-state index contributed by atoms with van der Waals surface area (Å²) >= 11 is 2.84. The van der Waals surface area contributed by atoms with Gasteiger partial charge in [-0.2, -0.15) is 5.26 Å². The summed E-state index contributed by atoms with van der Waals surface area (Å²) in [5, 5.41) is 16.2. The summed E-state index contributed by atoms with van der Waals surface area (Å²) in [6, 6.07) is 23.1. The molecule has 1 saturated heterocycles. The first-order chi connectivity index (χ1) is 20.0. The molecular formula is C31H29N5O3S2. The second kappa shape index (κ2) is 12.5. The van der Waals surface area contributed by atoms with Crippen LogP contribution in [0.2, 0.25) is 0 Å². The van der Waals surface area contributed by atoms with E-state index in [1.54, 1.807) is 31.3 Å². The molecule has 0 atom stereocenters. The first-order valence-corrected chi connectivity index (χ1v) is 14.6. The minimum Gasteiger partial charge on any atom is -0.497 e. The lowest BCUT2D eigenvalue weighted by Crippen LogP contribution is -2.29. The van der Waals surface area contributed by atoms with Gasteiger partial charge in [-0.1, -0.05) is 42.1 Å². The Morgan fingerprint density at radius 3 is 2.56 bits per heavy atom. The number of benzene rings is 3. The molecule has 0 unspecified atom stereocenters. The summed E-state index contributed by atoms with van der Waals surface area (Å²) in [6.07, 6.45) is 0. The number of nitrogens with one attached hydrogen (secondary N) is 1. The zero-order chi connectivity index (χ0) is 28.9. The van der Waals surface area contributed by atoms with Gasteiger partial charge >= 0.3 is 0 Å². The number of ether oxygens (including phenoxy) is 2. The van der Waals surface area contributed by atoms with E-state index in [0.717, 1.165) is 27.5 Å². The van der Waals surface area contributed by atoms with E-state index in [-0.39, 0.29) is 5.91 Å². The molecule has 2 aliphatic heterocycles. The molecule has 2 heterocycles. The number of thioether (sulfide) groups is 2. The summed E-state index contributed by atoms with van der Waals surface area (Å²) in [4.78, 5) is 23.3. The third kappa shape index (κ3) is 5.78. The lowest BCUT2D eigenvalue weighted by Gasteiger charge is -2.21. The fraction of sp³-hybridized carbons (Fsp3) is 0.194. The van der Waals surface area contributed by atoms with Crippen LogP contribution in [0.25, 0.3) is 5.70 Å². The standard InChI is InChI=1S/C31H29N5O3S2/c1-5-33-24-14-11-21(17-32)15-25(24)34-31-36(18-20-9-7-6-8-10-20)29(37)28(41-31)30-35(2)26(19-40-30)23-13-12-22(38-3)16-27(23)39-4/h6-16,19,33H,5,18H2,1-4H3. The van der Waals surface area contributed by atoms with E-state index < -0.39 is 0 Å². The monoisotopic (exact) mass is 583 g/mol. The molecule has 0 aromatic heterocycles. The number of rotatable bonds is 8.